The number of aliphatic carboxylic acids is 1. The lowest BCUT2D eigenvalue weighted by atomic mass is 10.1. The Morgan fingerprint density at radius 3 is 2.58 bits per heavy atom. The quantitative estimate of drug-likeness (QED) is 0.799. The monoisotopic (exact) mass is 268 g/mol. The SMILES string of the molecule is CC(C)N1CC(C(=O)N2CCC[C@@H]2C(=O)O)CC1=O. The van der Waals surface area contributed by atoms with Crippen molar-refractivity contribution >= 4 is 17.8 Å². The van der Waals surface area contributed by atoms with E-state index in [1.165, 1.54) is 4.90 Å². The molecule has 1 N–H and O–H groups in total. The van der Waals surface area contributed by atoms with E-state index in [2.05, 4.69) is 0 Å². The molecule has 6 heteroatoms. The van der Waals surface area contributed by atoms with Gasteiger partial charge in [0.15, 0.2) is 0 Å². The van der Waals surface area contributed by atoms with Crippen molar-refractivity contribution in [2.75, 3.05) is 13.1 Å². The topological polar surface area (TPSA) is 77.9 Å². The predicted molar refractivity (Wildman–Crippen MR) is 67.3 cm³/mol. The van der Waals surface area contributed by atoms with Crippen molar-refractivity contribution in [1.29, 1.82) is 0 Å². The van der Waals surface area contributed by atoms with Crippen LogP contribution in [0.5, 0.6) is 0 Å². The molecule has 0 spiro atoms. The highest BCUT2D eigenvalue weighted by Crippen LogP contribution is 2.26. The molecular weight excluding hydrogens is 248 g/mol. The Morgan fingerprint density at radius 1 is 1.37 bits per heavy atom. The zero-order valence-electron chi connectivity index (χ0n) is 11.3. The molecule has 2 fully saturated rings. The summed E-state index contributed by atoms with van der Waals surface area (Å²) in [6.45, 7) is 4.74. The second kappa shape index (κ2) is 5.19. The van der Waals surface area contributed by atoms with Crippen LogP contribution in [-0.4, -0.2) is 57.9 Å². The molecule has 0 aromatic rings. The fraction of sp³-hybridized carbons (Fsp3) is 0.769. The number of hydrogen-bond acceptors (Lipinski definition) is 3. The number of rotatable bonds is 3. The molecule has 0 radical (unpaired) electrons. The third-order valence-electron chi connectivity index (χ3n) is 3.95. The van der Waals surface area contributed by atoms with Gasteiger partial charge in [-0.2, -0.15) is 0 Å². The van der Waals surface area contributed by atoms with Crippen LogP contribution in [0.15, 0.2) is 0 Å². The van der Waals surface area contributed by atoms with Crippen LogP contribution in [0.2, 0.25) is 0 Å². The van der Waals surface area contributed by atoms with Crippen LogP contribution < -0.4 is 0 Å². The molecular formula is C13H20N2O4. The average Bonchev–Trinajstić information content (AvgIpc) is 2.93. The first-order valence-electron chi connectivity index (χ1n) is 6.74. The van der Waals surface area contributed by atoms with Gasteiger partial charge in [0.2, 0.25) is 11.8 Å². The smallest absolute Gasteiger partial charge is 0.326 e. The first kappa shape index (κ1) is 13.8. The maximum atomic E-state index is 12.4. The van der Waals surface area contributed by atoms with E-state index in [0.29, 0.717) is 19.5 Å². The number of carboxylic acids is 1. The third kappa shape index (κ3) is 2.57. The van der Waals surface area contributed by atoms with Crippen LogP contribution in [0.25, 0.3) is 0 Å². The number of carbonyl (C=O) groups excluding carboxylic acids is 2. The molecule has 2 amide bonds. The molecule has 106 valence electrons. The Hall–Kier alpha value is -1.59. The second-order valence-electron chi connectivity index (χ2n) is 5.57. The van der Waals surface area contributed by atoms with Gasteiger partial charge in [0, 0.05) is 25.6 Å². The van der Waals surface area contributed by atoms with Gasteiger partial charge in [-0.15, -0.1) is 0 Å². The highest BCUT2D eigenvalue weighted by molar-refractivity contribution is 5.91. The van der Waals surface area contributed by atoms with Gasteiger partial charge in [0.25, 0.3) is 0 Å². The van der Waals surface area contributed by atoms with Crippen LogP contribution >= 0.6 is 0 Å². The van der Waals surface area contributed by atoms with Crippen molar-refractivity contribution in [2.45, 2.75) is 45.2 Å². The van der Waals surface area contributed by atoms with Gasteiger partial charge in [0.1, 0.15) is 6.04 Å². The Kier molecular flexibility index (Phi) is 3.78. The Labute approximate surface area is 112 Å². The summed E-state index contributed by atoms with van der Waals surface area (Å²) in [6, 6.07) is -0.630. The molecule has 0 aromatic carbocycles. The molecule has 2 rings (SSSR count). The van der Waals surface area contributed by atoms with Gasteiger partial charge in [-0.3, -0.25) is 9.59 Å². The third-order valence-corrected chi connectivity index (χ3v) is 3.95. The molecule has 1 unspecified atom stereocenters. The van der Waals surface area contributed by atoms with Crippen LogP contribution in [0, 0.1) is 5.92 Å². The number of likely N-dealkylation sites (tertiary alicyclic amines) is 2. The van der Waals surface area contributed by atoms with Crippen molar-refractivity contribution in [3.8, 4) is 0 Å². The molecule has 2 heterocycles. The van der Waals surface area contributed by atoms with E-state index in [9.17, 15) is 14.4 Å². The van der Waals surface area contributed by atoms with E-state index in [1.54, 1.807) is 4.90 Å². The minimum absolute atomic E-state index is 0.0144. The maximum absolute atomic E-state index is 12.4. The number of nitrogens with zero attached hydrogens (tertiary/aromatic N) is 2. The Morgan fingerprint density at radius 2 is 2.05 bits per heavy atom. The predicted octanol–water partition coefficient (Wildman–Crippen LogP) is 0.319. The number of carboxylic acid groups (broad SMARTS) is 1. The number of amides is 2. The maximum Gasteiger partial charge on any atom is 0.326 e. The molecule has 19 heavy (non-hydrogen) atoms. The lowest BCUT2D eigenvalue weighted by Crippen LogP contribution is -2.44. The van der Waals surface area contributed by atoms with Gasteiger partial charge in [-0.1, -0.05) is 0 Å². The van der Waals surface area contributed by atoms with Crippen LogP contribution in [-0.2, 0) is 14.4 Å². The van der Waals surface area contributed by atoms with Crippen molar-refractivity contribution in [3.05, 3.63) is 0 Å². The highest BCUT2D eigenvalue weighted by Gasteiger charge is 2.42. The Bertz CT molecular complexity index is 407. The zero-order chi connectivity index (χ0) is 14.2. The number of carbonyl (C=O) groups is 3. The van der Waals surface area contributed by atoms with Crippen molar-refractivity contribution < 1.29 is 19.5 Å². The molecule has 0 bridgehead atoms. The minimum atomic E-state index is -0.948. The van der Waals surface area contributed by atoms with Gasteiger partial charge in [0.05, 0.1) is 5.92 Å². The molecule has 2 aliphatic heterocycles. The fourth-order valence-electron chi connectivity index (χ4n) is 2.92. The molecule has 0 aliphatic carbocycles. The van der Waals surface area contributed by atoms with Crippen LogP contribution in [0.1, 0.15) is 33.1 Å². The van der Waals surface area contributed by atoms with E-state index in [4.69, 9.17) is 5.11 Å². The van der Waals surface area contributed by atoms with Crippen LogP contribution in [0.4, 0.5) is 0 Å². The molecule has 2 atom stereocenters. The second-order valence-corrected chi connectivity index (χ2v) is 5.57. The lowest BCUT2D eigenvalue weighted by molar-refractivity contribution is -0.149. The first-order chi connectivity index (χ1) is 8.91. The summed E-state index contributed by atoms with van der Waals surface area (Å²) in [5.41, 5.74) is 0. The molecule has 0 aromatic heterocycles. The van der Waals surface area contributed by atoms with Crippen molar-refractivity contribution in [2.24, 2.45) is 5.92 Å². The largest absolute Gasteiger partial charge is 0.480 e. The van der Waals surface area contributed by atoms with E-state index < -0.39 is 12.0 Å². The number of hydrogen-bond donors (Lipinski definition) is 1. The van der Waals surface area contributed by atoms with Gasteiger partial charge in [-0.05, 0) is 26.7 Å². The molecule has 2 aliphatic rings. The lowest BCUT2D eigenvalue weighted by Gasteiger charge is -2.25. The zero-order valence-corrected chi connectivity index (χ0v) is 11.3. The van der Waals surface area contributed by atoms with E-state index in [1.807, 2.05) is 13.8 Å². The highest BCUT2D eigenvalue weighted by atomic mass is 16.4. The van der Waals surface area contributed by atoms with Gasteiger partial charge < -0.3 is 14.9 Å². The molecule has 6 nitrogen and oxygen atoms in total. The summed E-state index contributed by atoms with van der Waals surface area (Å²) in [5.74, 6) is -1.52. The van der Waals surface area contributed by atoms with Crippen molar-refractivity contribution in [3.63, 3.8) is 0 Å². The summed E-state index contributed by atoms with van der Waals surface area (Å²) >= 11 is 0. The van der Waals surface area contributed by atoms with E-state index >= 15 is 0 Å². The van der Waals surface area contributed by atoms with E-state index in [-0.39, 0.29) is 30.2 Å². The molecule has 0 saturated carbocycles. The Balaban J connectivity index is 2.05. The first-order valence-corrected chi connectivity index (χ1v) is 6.74. The van der Waals surface area contributed by atoms with Crippen molar-refractivity contribution in [1.82, 2.24) is 9.80 Å². The standard InChI is InChI=1S/C13H20N2O4/c1-8(2)15-7-9(6-11(15)16)12(17)14-5-3-4-10(14)13(18)19/h8-10H,3-7H2,1-2H3,(H,18,19)/t9?,10-/m1/s1. The summed E-state index contributed by atoms with van der Waals surface area (Å²) in [6.07, 6.45) is 1.44. The minimum Gasteiger partial charge on any atom is -0.480 e. The molecule has 2 saturated heterocycles. The normalized spacial score (nSPS) is 27.4. The van der Waals surface area contributed by atoms with Gasteiger partial charge >= 0.3 is 5.97 Å². The summed E-state index contributed by atoms with van der Waals surface area (Å²) < 4.78 is 0. The van der Waals surface area contributed by atoms with Crippen LogP contribution in [0.3, 0.4) is 0 Å². The van der Waals surface area contributed by atoms with E-state index in [0.717, 1.165) is 6.42 Å². The fourth-order valence-corrected chi connectivity index (χ4v) is 2.92. The summed E-state index contributed by atoms with van der Waals surface area (Å²) in [5, 5.41) is 9.10. The average molecular weight is 268 g/mol. The summed E-state index contributed by atoms with van der Waals surface area (Å²) in [4.78, 5) is 38.4. The van der Waals surface area contributed by atoms with Gasteiger partial charge in [-0.25, -0.2) is 4.79 Å². The summed E-state index contributed by atoms with van der Waals surface area (Å²) in [7, 11) is 0.